The third-order valence-electron chi connectivity index (χ3n) is 2.95. The monoisotopic (exact) mass is 211 g/mol. The summed E-state index contributed by atoms with van der Waals surface area (Å²) in [6, 6.07) is 5.18. The van der Waals surface area contributed by atoms with E-state index in [-0.39, 0.29) is 0 Å². The van der Waals surface area contributed by atoms with E-state index in [9.17, 15) is 8.78 Å². The first-order valence-corrected chi connectivity index (χ1v) is 5.27. The Balaban J connectivity index is 2.24. The number of nitrogens with one attached hydrogen (secondary N) is 1. The summed E-state index contributed by atoms with van der Waals surface area (Å²) < 4.78 is 26.2. The van der Waals surface area contributed by atoms with Crippen LogP contribution in [-0.2, 0) is 12.8 Å². The first-order chi connectivity index (χ1) is 7.00. The first-order valence-electron chi connectivity index (χ1n) is 5.27. The molecule has 0 aliphatic carbocycles. The van der Waals surface area contributed by atoms with E-state index in [4.69, 9.17) is 0 Å². The van der Waals surface area contributed by atoms with Crippen molar-refractivity contribution in [2.75, 3.05) is 5.32 Å². The molecule has 1 atom stereocenters. The first kappa shape index (κ1) is 10.4. The second-order valence-corrected chi connectivity index (χ2v) is 4.20. The van der Waals surface area contributed by atoms with E-state index in [1.54, 1.807) is 0 Å². The van der Waals surface area contributed by atoms with Gasteiger partial charge >= 0.3 is 0 Å². The lowest BCUT2D eigenvalue weighted by Crippen LogP contribution is -2.35. The molecule has 0 saturated heterocycles. The summed E-state index contributed by atoms with van der Waals surface area (Å²) in [6.07, 6.45) is 1.35. The second-order valence-electron chi connectivity index (χ2n) is 4.20. The van der Waals surface area contributed by atoms with Gasteiger partial charge in [-0.25, -0.2) is 8.78 Å². The van der Waals surface area contributed by atoms with Gasteiger partial charge in [0.05, 0.1) is 6.04 Å². The van der Waals surface area contributed by atoms with E-state index in [1.165, 1.54) is 5.56 Å². The molecule has 1 unspecified atom stereocenters. The van der Waals surface area contributed by atoms with Crippen LogP contribution in [0.4, 0.5) is 14.5 Å². The van der Waals surface area contributed by atoms with Gasteiger partial charge in [-0.15, -0.1) is 0 Å². The number of aryl methyl sites for hydroxylation is 1. The Bertz CT molecular complexity index is 368. The molecule has 0 saturated carbocycles. The second kappa shape index (κ2) is 3.47. The Kier molecular flexibility index (Phi) is 2.41. The van der Waals surface area contributed by atoms with Crippen LogP contribution >= 0.6 is 0 Å². The number of benzene rings is 1. The molecular weight excluding hydrogens is 196 g/mol. The van der Waals surface area contributed by atoms with Gasteiger partial charge < -0.3 is 5.32 Å². The summed E-state index contributed by atoms with van der Waals surface area (Å²) in [5.74, 6) is -2.66. The maximum Gasteiger partial charge on any atom is 0.265 e. The predicted molar refractivity (Wildman–Crippen MR) is 57.6 cm³/mol. The SMILES string of the molecule is CCc1ccc2c(c1)NC(C(C)(F)F)C2. The van der Waals surface area contributed by atoms with E-state index in [1.807, 2.05) is 18.2 Å². The van der Waals surface area contributed by atoms with Crippen LogP contribution in [0.15, 0.2) is 18.2 Å². The number of hydrogen-bond acceptors (Lipinski definition) is 1. The third kappa shape index (κ3) is 1.96. The van der Waals surface area contributed by atoms with Crippen LogP contribution in [0.1, 0.15) is 25.0 Å². The maximum absolute atomic E-state index is 13.1. The fourth-order valence-electron chi connectivity index (χ4n) is 1.92. The van der Waals surface area contributed by atoms with Crippen molar-refractivity contribution in [2.45, 2.75) is 38.7 Å². The molecule has 0 radical (unpaired) electrons. The zero-order valence-electron chi connectivity index (χ0n) is 8.98. The molecule has 1 aliphatic rings. The predicted octanol–water partition coefficient (Wildman–Crippen LogP) is 3.24. The summed E-state index contributed by atoms with van der Waals surface area (Å²) >= 11 is 0. The molecule has 1 heterocycles. The van der Waals surface area contributed by atoms with Crippen molar-refractivity contribution in [1.29, 1.82) is 0 Å². The highest BCUT2D eigenvalue weighted by atomic mass is 19.3. The van der Waals surface area contributed by atoms with Gasteiger partial charge in [-0.3, -0.25) is 0 Å². The van der Waals surface area contributed by atoms with Crippen molar-refractivity contribution in [3.63, 3.8) is 0 Å². The molecule has 3 heteroatoms. The standard InChI is InChI=1S/C12H15F2N/c1-3-8-4-5-9-7-11(12(2,13)14)15-10(9)6-8/h4-6,11,15H,3,7H2,1-2H3. The minimum atomic E-state index is -2.66. The zero-order chi connectivity index (χ0) is 11.1. The molecule has 1 aliphatic heterocycles. The average Bonchev–Trinajstić information content (AvgIpc) is 2.59. The highest BCUT2D eigenvalue weighted by molar-refractivity contribution is 5.59. The number of rotatable bonds is 2. The molecule has 82 valence electrons. The molecule has 0 bridgehead atoms. The molecule has 1 aromatic carbocycles. The minimum absolute atomic E-state index is 0.419. The average molecular weight is 211 g/mol. The Morgan fingerprint density at radius 3 is 2.80 bits per heavy atom. The van der Waals surface area contributed by atoms with Gasteiger partial charge in [0.1, 0.15) is 0 Å². The van der Waals surface area contributed by atoms with Crippen LogP contribution in [0, 0.1) is 0 Å². The van der Waals surface area contributed by atoms with Crippen LogP contribution in [0.2, 0.25) is 0 Å². The number of alkyl halides is 2. The van der Waals surface area contributed by atoms with Crippen molar-refractivity contribution in [3.8, 4) is 0 Å². The Morgan fingerprint density at radius 2 is 2.20 bits per heavy atom. The van der Waals surface area contributed by atoms with Crippen molar-refractivity contribution in [3.05, 3.63) is 29.3 Å². The molecule has 1 N–H and O–H groups in total. The summed E-state index contributed by atoms with van der Waals surface area (Å²) in [6.45, 7) is 3.03. The summed E-state index contributed by atoms with van der Waals surface area (Å²) in [4.78, 5) is 0. The van der Waals surface area contributed by atoms with Crippen LogP contribution in [0.25, 0.3) is 0 Å². The van der Waals surface area contributed by atoms with Gasteiger partial charge in [0.2, 0.25) is 0 Å². The van der Waals surface area contributed by atoms with Crippen molar-refractivity contribution in [2.24, 2.45) is 0 Å². The normalized spacial score (nSPS) is 19.9. The quantitative estimate of drug-likeness (QED) is 0.791. The van der Waals surface area contributed by atoms with E-state index >= 15 is 0 Å². The lowest BCUT2D eigenvalue weighted by Gasteiger charge is -2.18. The molecule has 0 aromatic heterocycles. The fourth-order valence-corrected chi connectivity index (χ4v) is 1.92. The molecule has 2 rings (SSSR count). The van der Waals surface area contributed by atoms with E-state index in [0.29, 0.717) is 6.42 Å². The van der Waals surface area contributed by atoms with Gasteiger partial charge in [-0.1, -0.05) is 19.1 Å². The topological polar surface area (TPSA) is 12.0 Å². The largest absolute Gasteiger partial charge is 0.376 e. The van der Waals surface area contributed by atoms with Gasteiger partial charge in [0.15, 0.2) is 0 Å². The summed E-state index contributed by atoms with van der Waals surface area (Å²) in [5.41, 5.74) is 3.06. The van der Waals surface area contributed by atoms with Gasteiger partial charge in [-0.05, 0) is 23.6 Å². The van der Waals surface area contributed by atoms with E-state index < -0.39 is 12.0 Å². The number of hydrogen-bond donors (Lipinski definition) is 1. The van der Waals surface area contributed by atoms with Crippen LogP contribution < -0.4 is 5.32 Å². The van der Waals surface area contributed by atoms with Crippen LogP contribution in [0.3, 0.4) is 0 Å². The Morgan fingerprint density at radius 1 is 1.47 bits per heavy atom. The van der Waals surface area contributed by atoms with Crippen molar-refractivity contribution >= 4 is 5.69 Å². The third-order valence-corrected chi connectivity index (χ3v) is 2.95. The summed E-state index contributed by atoms with van der Waals surface area (Å²) in [5, 5.41) is 2.90. The molecule has 1 nitrogen and oxygen atoms in total. The van der Waals surface area contributed by atoms with Gasteiger partial charge in [0.25, 0.3) is 5.92 Å². The highest BCUT2D eigenvalue weighted by Crippen LogP contribution is 2.33. The Labute approximate surface area is 88.5 Å². The Hall–Kier alpha value is -1.12. The van der Waals surface area contributed by atoms with Crippen LogP contribution in [-0.4, -0.2) is 12.0 Å². The lowest BCUT2D eigenvalue weighted by molar-refractivity contribution is 0.00371. The molecular formula is C12H15F2N. The molecule has 1 aromatic rings. The lowest BCUT2D eigenvalue weighted by atomic mass is 10.0. The number of fused-ring (bicyclic) bond motifs is 1. The van der Waals surface area contributed by atoms with Gasteiger partial charge in [0, 0.05) is 19.0 Å². The van der Waals surface area contributed by atoms with Crippen molar-refractivity contribution < 1.29 is 8.78 Å². The van der Waals surface area contributed by atoms with Crippen LogP contribution in [0.5, 0.6) is 0 Å². The van der Waals surface area contributed by atoms with Gasteiger partial charge in [-0.2, -0.15) is 0 Å². The zero-order valence-corrected chi connectivity index (χ0v) is 8.98. The molecule has 0 spiro atoms. The number of anilines is 1. The highest BCUT2D eigenvalue weighted by Gasteiger charge is 2.38. The van der Waals surface area contributed by atoms with Crippen molar-refractivity contribution in [1.82, 2.24) is 0 Å². The molecule has 15 heavy (non-hydrogen) atoms. The summed E-state index contributed by atoms with van der Waals surface area (Å²) in [7, 11) is 0. The van der Waals surface area contributed by atoms with E-state index in [2.05, 4.69) is 12.2 Å². The number of halogens is 2. The maximum atomic E-state index is 13.1. The molecule has 0 fully saturated rings. The van der Waals surface area contributed by atoms with E-state index in [0.717, 1.165) is 24.6 Å². The molecule has 0 amide bonds. The fraction of sp³-hybridized carbons (Fsp3) is 0.500. The minimum Gasteiger partial charge on any atom is -0.376 e. The smallest absolute Gasteiger partial charge is 0.265 e.